The van der Waals surface area contributed by atoms with Crippen molar-refractivity contribution in [2.24, 2.45) is 0 Å². The fraction of sp³-hybridized carbons (Fsp3) is 0.500. The maximum atomic E-state index is 5.46. The lowest BCUT2D eigenvalue weighted by atomic mass is 10.4. The normalized spacial score (nSPS) is 16.0. The number of fused-ring (bicyclic) bond motifs is 1. The molecule has 2 heterocycles. The summed E-state index contributed by atoms with van der Waals surface area (Å²) in [7, 11) is 0. The van der Waals surface area contributed by atoms with Gasteiger partial charge in [-0.05, 0) is 6.42 Å². The fourth-order valence-corrected chi connectivity index (χ4v) is 1.28. The number of anilines is 1. The summed E-state index contributed by atoms with van der Waals surface area (Å²) in [5.41, 5.74) is 5.46. The summed E-state index contributed by atoms with van der Waals surface area (Å²) in [6, 6.07) is 0. The van der Waals surface area contributed by atoms with Gasteiger partial charge < -0.3 is 10.3 Å². The molecule has 0 spiro atoms. The molecule has 9 heavy (non-hydrogen) atoms. The molecule has 0 aliphatic carbocycles. The first kappa shape index (κ1) is 4.85. The summed E-state index contributed by atoms with van der Waals surface area (Å²) in [5, 5.41) is 0. The molecule has 3 heteroatoms. The van der Waals surface area contributed by atoms with Crippen LogP contribution in [0.3, 0.4) is 0 Å². The lowest BCUT2D eigenvalue weighted by Gasteiger charge is -1.88. The van der Waals surface area contributed by atoms with Gasteiger partial charge in [0, 0.05) is 19.2 Å². The van der Waals surface area contributed by atoms with E-state index in [0.29, 0.717) is 5.82 Å². The summed E-state index contributed by atoms with van der Waals surface area (Å²) >= 11 is 0. The molecular weight excluding hydrogens is 114 g/mol. The third-order valence-corrected chi connectivity index (χ3v) is 1.68. The SMILES string of the molecule is Nc1cn2c(n1)CCC2. The van der Waals surface area contributed by atoms with Crippen molar-refractivity contribution in [2.45, 2.75) is 19.4 Å². The maximum Gasteiger partial charge on any atom is 0.141 e. The van der Waals surface area contributed by atoms with Crippen molar-refractivity contribution in [1.29, 1.82) is 0 Å². The van der Waals surface area contributed by atoms with Crippen molar-refractivity contribution < 1.29 is 0 Å². The molecule has 0 bridgehead atoms. The highest BCUT2D eigenvalue weighted by molar-refractivity contribution is 5.26. The number of nitrogen functional groups attached to an aromatic ring is 1. The smallest absolute Gasteiger partial charge is 0.141 e. The highest BCUT2D eigenvalue weighted by Gasteiger charge is 2.11. The Morgan fingerprint density at radius 1 is 1.67 bits per heavy atom. The second kappa shape index (κ2) is 1.50. The Hall–Kier alpha value is -0.990. The lowest BCUT2D eigenvalue weighted by Crippen LogP contribution is -1.87. The number of hydrogen-bond donors (Lipinski definition) is 1. The average molecular weight is 123 g/mol. The number of imidazole rings is 1. The summed E-state index contributed by atoms with van der Waals surface area (Å²) in [4.78, 5) is 4.13. The minimum absolute atomic E-state index is 0.657. The van der Waals surface area contributed by atoms with Gasteiger partial charge in [-0.1, -0.05) is 0 Å². The van der Waals surface area contributed by atoms with E-state index in [2.05, 4.69) is 9.55 Å². The van der Waals surface area contributed by atoms with Gasteiger partial charge in [0.15, 0.2) is 0 Å². The Labute approximate surface area is 53.5 Å². The Bertz CT molecular complexity index is 205. The fourth-order valence-electron chi connectivity index (χ4n) is 1.28. The van der Waals surface area contributed by atoms with Gasteiger partial charge in [-0.3, -0.25) is 0 Å². The summed E-state index contributed by atoms with van der Waals surface area (Å²) < 4.78 is 2.12. The number of aromatic nitrogens is 2. The number of aryl methyl sites for hydroxylation is 2. The topological polar surface area (TPSA) is 43.8 Å². The molecule has 1 aliphatic rings. The molecule has 0 radical (unpaired) electrons. The van der Waals surface area contributed by atoms with Gasteiger partial charge in [0.1, 0.15) is 11.6 Å². The molecule has 48 valence electrons. The first-order valence-corrected chi connectivity index (χ1v) is 3.18. The molecule has 0 unspecified atom stereocenters. The van der Waals surface area contributed by atoms with Crippen LogP contribution in [0.15, 0.2) is 6.20 Å². The van der Waals surface area contributed by atoms with Crippen LogP contribution in [0.2, 0.25) is 0 Å². The van der Waals surface area contributed by atoms with Gasteiger partial charge in [-0.2, -0.15) is 0 Å². The van der Waals surface area contributed by atoms with Crippen molar-refractivity contribution in [1.82, 2.24) is 9.55 Å². The highest BCUT2D eigenvalue weighted by Crippen LogP contribution is 2.14. The first-order valence-electron chi connectivity index (χ1n) is 3.18. The molecule has 0 aromatic carbocycles. The van der Waals surface area contributed by atoms with E-state index in [4.69, 9.17) is 5.73 Å². The molecule has 0 atom stereocenters. The van der Waals surface area contributed by atoms with E-state index in [1.165, 1.54) is 6.42 Å². The van der Waals surface area contributed by atoms with Gasteiger partial charge >= 0.3 is 0 Å². The molecular formula is C6H9N3. The van der Waals surface area contributed by atoms with Crippen LogP contribution in [0.1, 0.15) is 12.2 Å². The van der Waals surface area contributed by atoms with Gasteiger partial charge in [0.2, 0.25) is 0 Å². The zero-order chi connectivity index (χ0) is 6.27. The molecule has 3 nitrogen and oxygen atoms in total. The van der Waals surface area contributed by atoms with Crippen LogP contribution in [0.25, 0.3) is 0 Å². The van der Waals surface area contributed by atoms with E-state index >= 15 is 0 Å². The quantitative estimate of drug-likeness (QED) is 0.543. The van der Waals surface area contributed by atoms with Gasteiger partial charge in [-0.25, -0.2) is 4.98 Å². The molecule has 0 saturated carbocycles. The van der Waals surface area contributed by atoms with Crippen LogP contribution < -0.4 is 5.73 Å². The van der Waals surface area contributed by atoms with E-state index in [1.807, 2.05) is 6.20 Å². The van der Waals surface area contributed by atoms with Crippen molar-refractivity contribution >= 4 is 5.82 Å². The molecule has 0 amide bonds. The number of hydrogen-bond acceptors (Lipinski definition) is 2. The molecule has 0 saturated heterocycles. The zero-order valence-electron chi connectivity index (χ0n) is 5.17. The Morgan fingerprint density at radius 2 is 2.56 bits per heavy atom. The number of rotatable bonds is 0. The summed E-state index contributed by atoms with van der Waals surface area (Å²) in [5.74, 6) is 1.80. The second-order valence-electron chi connectivity index (χ2n) is 2.38. The standard InChI is InChI=1S/C6H9N3/c7-5-4-9-3-1-2-6(9)8-5/h4H,1-3,7H2. The minimum atomic E-state index is 0.657. The maximum absolute atomic E-state index is 5.46. The lowest BCUT2D eigenvalue weighted by molar-refractivity contribution is 0.750. The largest absolute Gasteiger partial charge is 0.382 e. The monoisotopic (exact) mass is 123 g/mol. The molecule has 0 fully saturated rings. The van der Waals surface area contributed by atoms with Crippen LogP contribution in [-0.4, -0.2) is 9.55 Å². The van der Waals surface area contributed by atoms with Crippen molar-refractivity contribution in [3.8, 4) is 0 Å². The highest BCUT2D eigenvalue weighted by atomic mass is 15.1. The molecule has 2 N–H and O–H groups in total. The van der Waals surface area contributed by atoms with Crippen LogP contribution in [0.4, 0.5) is 5.82 Å². The van der Waals surface area contributed by atoms with E-state index in [1.54, 1.807) is 0 Å². The van der Waals surface area contributed by atoms with Crippen molar-refractivity contribution in [3.05, 3.63) is 12.0 Å². The third-order valence-electron chi connectivity index (χ3n) is 1.68. The van der Waals surface area contributed by atoms with Crippen molar-refractivity contribution in [2.75, 3.05) is 5.73 Å². The predicted molar refractivity (Wildman–Crippen MR) is 35.0 cm³/mol. The Kier molecular flexibility index (Phi) is 0.806. The molecule has 1 aliphatic heterocycles. The minimum Gasteiger partial charge on any atom is -0.382 e. The average Bonchev–Trinajstić information content (AvgIpc) is 2.22. The van der Waals surface area contributed by atoms with Gasteiger partial charge in [-0.15, -0.1) is 0 Å². The van der Waals surface area contributed by atoms with Crippen LogP contribution in [0.5, 0.6) is 0 Å². The zero-order valence-corrected chi connectivity index (χ0v) is 5.17. The molecule has 2 rings (SSSR count). The Morgan fingerprint density at radius 3 is 3.33 bits per heavy atom. The summed E-state index contributed by atoms with van der Waals surface area (Å²) in [6.07, 6.45) is 4.22. The molecule has 1 aromatic rings. The second-order valence-corrected chi connectivity index (χ2v) is 2.38. The van der Waals surface area contributed by atoms with E-state index in [0.717, 1.165) is 18.8 Å². The number of nitrogens with zero attached hydrogens (tertiary/aromatic N) is 2. The van der Waals surface area contributed by atoms with Crippen molar-refractivity contribution in [3.63, 3.8) is 0 Å². The first-order chi connectivity index (χ1) is 4.36. The van der Waals surface area contributed by atoms with Crippen LogP contribution in [-0.2, 0) is 13.0 Å². The number of nitrogens with two attached hydrogens (primary N) is 1. The van der Waals surface area contributed by atoms with Crippen LogP contribution in [0, 0.1) is 0 Å². The van der Waals surface area contributed by atoms with E-state index < -0.39 is 0 Å². The van der Waals surface area contributed by atoms with Gasteiger partial charge in [0.05, 0.1) is 0 Å². The third kappa shape index (κ3) is 0.608. The van der Waals surface area contributed by atoms with Gasteiger partial charge in [0.25, 0.3) is 0 Å². The Balaban J connectivity index is 2.51. The van der Waals surface area contributed by atoms with Crippen LogP contribution >= 0.6 is 0 Å². The predicted octanol–water partition coefficient (Wildman–Crippen LogP) is 0.412. The molecule has 1 aromatic heterocycles. The van der Waals surface area contributed by atoms with E-state index in [9.17, 15) is 0 Å². The van der Waals surface area contributed by atoms with E-state index in [-0.39, 0.29) is 0 Å². The summed E-state index contributed by atoms with van der Waals surface area (Å²) in [6.45, 7) is 1.10.